The monoisotopic (exact) mass is 281 g/mol. The fourth-order valence-electron chi connectivity index (χ4n) is 2.00. The van der Waals surface area contributed by atoms with Crippen LogP contribution in [0.25, 0.3) is 0 Å². The first kappa shape index (κ1) is 13.7. The molecule has 0 bridgehead atoms. The number of pyridine rings is 1. The Kier molecular flexibility index (Phi) is 4.50. The van der Waals surface area contributed by atoms with E-state index in [0.29, 0.717) is 10.9 Å². The van der Waals surface area contributed by atoms with E-state index in [-0.39, 0.29) is 0 Å². The molecule has 0 amide bonds. The van der Waals surface area contributed by atoms with Gasteiger partial charge in [-0.3, -0.25) is 5.32 Å². The van der Waals surface area contributed by atoms with Crippen LogP contribution in [0.1, 0.15) is 19.8 Å². The Balaban J connectivity index is 2.01. The van der Waals surface area contributed by atoms with Gasteiger partial charge < -0.3 is 0 Å². The van der Waals surface area contributed by atoms with Gasteiger partial charge >= 0.3 is 0 Å². The van der Waals surface area contributed by atoms with E-state index in [0.717, 1.165) is 30.2 Å². The van der Waals surface area contributed by atoms with Gasteiger partial charge in [0.2, 0.25) is 0 Å². The van der Waals surface area contributed by atoms with Crippen molar-refractivity contribution in [2.24, 2.45) is 5.92 Å². The van der Waals surface area contributed by atoms with Gasteiger partial charge in [-0.15, -0.1) is 11.8 Å². The van der Waals surface area contributed by atoms with Crippen molar-refractivity contribution in [2.45, 2.75) is 30.3 Å². The summed E-state index contributed by atoms with van der Waals surface area (Å²) in [6.45, 7) is 2.86. The summed E-state index contributed by atoms with van der Waals surface area (Å²) in [6.07, 6.45) is 3.94. The van der Waals surface area contributed by atoms with Crippen LogP contribution in [0.5, 0.6) is 0 Å². The molecule has 1 aromatic rings. The largest absolute Gasteiger partial charge is 0.299 e. The maximum Gasteiger partial charge on any atom is 0.119 e. The van der Waals surface area contributed by atoms with Crippen molar-refractivity contribution in [1.82, 2.24) is 10.3 Å². The Morgan fingerprint density at radius 1 is 1.61 bits per heavy atom. The Hall–Kier alpha value is -0.760. The zero-order valence-corrected chi connectivity index (χ0v) is 11.9. The molecule has 3 nitrogen and oxygen atoms in total. The lowest BCUT2D eigenvalue weighted by atomic mass is 9.98. The van der Waals surface area contributed by atoms with Crippen LogP contribution in [0.3, 0.4) is 0 Å². The van der Waals surface area contributed by atoms with Crippen LogP contribution >= 0.6 is 23.4 Å². The van der Waals surface area contributed by atoms with E-state index in [9.17, 15) is 5.26 Å². The van der Waals surface area contributed by atoms with Crippen LogP contribution in [-0.4, -0.2) is 22.8 Å². The molecular formula is C13H16ClN3S. The Morgan fingerprint density at radius 2 is 2.39 bits per heavy atom. The maximum absolute atomic E-state index is 9.47. The minimum atomic E-state index is -0.402. The number of hydrogen-bond acceptors (Lipinski definition) is 4. The van der Waals surface area contributed by atoms with Crippen molar-refractivity contribution >= 4 is 23.4 Å². The molecule has 0 aromatic carbocycles. The first-order valence-corrected chi connectivity index (χ1v) is 7.47. The molecule has 1 atom stereocenters. The lowest BCUT2D eigenvalue weighted by Crippen LogP contribution is -2.48. The number of hydrogen-bond donors (Lipinski definition) is 1. The van der Waals surface area contributed by atoms with E-state index < -0.39 is 5.54 Å². The molecule has 1 fully saturated rings. The molecule has 96 valence electrons. The molecule has 0 aliphatic heterocycles. The average molecular weight is 282 g/mol. The van der Waals surface area contributed by atoms with E-state index in [2.05, 4.69) is 16.4 Å². The molecule has 2 rings (SSSR count). The van der Waals surface area contributed by atoms with Crippen LogP contribution in [0.4, 0.5) is 0 Å². The lowest BCUT2D eigenvalue weighted by Gasteiger charge is -2.26. The predicted octanol–water partition coefficient (Wildman–Crippen LogP) is 3.11. The smallest absolute Gasteiger partial charge is 0.119 e. The van der Waals surface area contributed by atoms with Gasteiger partial charge in [0.15, 0.2) is 0 Å². The van der Waals surface area contributed by atoms with E-state index >= 15 is 0 Å². The molecule has 1 heterocycles. The summed E-state index contributed by atoms with van der Waals surface area (Å²) in [5, 5.41) is 14.4. The van der Waals surface area contributed by atoms with Gasteiger partial charge in [-0.25, -0.2) is 4.98 Å². The molecule has 0 saturated heterocycles. The van der Waals surface area contributed by atoms with Crippen LogP contribution in [0.2, 0.25) is 5.02 Å². The fourth-order valence-corrected chi connectivity index (χ4v) is 3.18. The number of nitrogens with one attached hydrogen (secondary N) is 1. The van der Waals surface area contributed by atoms with Gasteiger partial charge in [-0.1, -0.05) is 18.5 Å². The summed E-state index contributed by atoms with van der Waals surface area (Å²) < 4.78 is 0. The van der Waals surface area contributed by atoms with Gasteiger partial charge in [0, 0.05) is 11.9 Å². The van der Waals surface area contributed by atoms with Crippen molar-refractivity contribution in [3.63, 3.8) is 0 Å². The first-order valence-electron chi connectivity index (χ1n) is 6.11. The zero-order valence-electron chi connectivity index (χ0n) is 10.3. The molecule has 1 N–H and O–H groups in total. The van der Waals surface area contributed by atoms with Crippen molar-refractivity contribution < 1.29 is 0 Å². The van der Waals surface area contributed by atoms with Gasteiger partial charge in [-0.05, 0) is 37.4 Å². The third kappa shape index (κ3) is 3.17. The summed E-state index contributed by atoms with van der Waals surface area (Å²) in [5.41, 5.74) is -0.402. The second-order valence-electron chi connectivity index (χ2n) is 4.49. The highest BCUT2D eigenvalue weighted by Gasteiger charge is 2.45. The Morgan fingerprint density at radius 3 is 2.89 bits per heavy atom. The van der Waals surface area contributed by atoms with Crippen LogP contribution < -0.4 is 5.32 Å². The maximum atomic E-state index is 9.47. The number of aromatic nitrogens is 1. The van der Waals surface area contributed by atoms with E-state index in [1.165, 1.54) is 0 Å². The molecule has 0 spiro atoms. The van der Waals surface area contributed by atoms with Crippen molar-refractivity contribution in [1.29, 1.82) is 5.26 Å². The van der Waals surface area contributed by atoms with Crippen LogP contribution in [-0.2, 0) is 0 Å². The number of halogens is 1. The topological polar surface area (TPSA) is 48.7 Å². The molecule has 5 heteroatoms. The van der Waals surface area contributed by atoms with Gasteiger partial charge in [-0.2, -0.15) is 5.26 Å². The first-order chi connectivity index (χ1) is 8.70. The number of nitrogens with zero attached hydrogens (tertiary/aromatic N) is 2. The summed E-state index contributed by atoms with van der Waals surface area (Å²) in [6, 6.07) is 6.20. The van der Waals surface area contributed by atoms with Crippen molar-refractivity contribution in [3.8, 4) is 6.07 Å². The minimum Gasteiger partial charge on any atom is -0.299 e. The zero-order chi connectivity index (χ0) is 13.0. The molecular weight excluding hydrogens is 266 g/mol. The van der Waals surface area contributed by atoms with Crippen molar-refractivity contribution in [3.05, 3.63) is 23.4 Å². The van der Waals surface area contributed by atoms with Crippen molar-refractivity contribution in [2.75, 3.05) is 12.3 Å². The summed E-state index contributed by atoms with van der Waals surface area (Å²) in [4.78, 5) is 4.25. The summed E-state index contributed by atoms with van der Waals surface area (Å²) in [7, 11) is 0. The molecule has 0 radical (unpaired) electrons. The minimum absolute atomic E-state index is 0.402. The molecule has 1 aromatic heterocycles. The standard InChI is InChI=1S/C13H16ClN3S/c1-2-17-13(8-15,10-3-4-10)9-18-12-6-5-11(14)7-16-12/h5-7,10,17H,2-4,9H2,1H3. The van der Waals surface area contributed by atoms with Gasteiger partial charge in [0.1, 0.15) is 5.54 Å². The van der Waals surface area contributed by atoms with E-state index in [4.69, 9.17) is 11.6 Å². The number of nitriles is 1. The summed E-state index contributed by atoms with van der Waals surface area (Å²) >= 11 is 7.42. The molecule has 18 heavy (non-hydrogen) atoms. The molecule has 1 saturated carbocycles. The Labute approximate surface area is 117 Å². The SMILES string of the molecule is CCNC(C#N)(CSc1ccc(Cl)cn1)C1CC1. The normalized spacial score (nSPS) is 18.1. The van der Waals surface area contributed by atoms with E-state index in [1.54, 1.807) is 18.0 Å². The van der Waals surface area contributed by atoms with Crippen LogP contribution in [0.15, 0.2) is 23.4 Å². The second-order valence-corrected chi connectivity index (χ2v) is 5.92. The molecule has 1 aliphatic carbocycles. The van der Waals surface area contributed by atoms with Gasteiger partial charge in [0.25, 0.3) is 0 Å². The Bertz CT molecular complexity index is 439. The highest BCUT2D eigenvalue weighted by atomic mass is 35.5. The fraction of sp³-hybridized carbons (Fsp3) is 0.538. The second kappa shape index (κ2) is 5.92. The highest BCUT2D eigenvalue weighted by molar-refractivity contribution is 7.99. The third-order valence-electron chi connectivity index (χ3n) is 3.11. The predicted molar refractivity (Wildman–Crippen MR) is 74.7 cm³/mol. The highest BCUT2D eigenvalue weighted by Crippen LogP contribution is 2.41. The average Bonchev–Trinajstić information content (AvgIpc) is 3.21. The lowest BCUT2D eigenvalue weighted by molar-refractivity contribution is 0.416. The summed E-state index contributed by atoms with van der Waals surface area (Å²) in [5.74, 6) is 1.22. The van der Waals surface area contributed by atoms with Crippen LogP contribution in [0, 0.1) is 17.2 Å². The number of rotatable bonds is 6. The third-order valence-corrected chi connectivity index (χ3v) is 4.47. The van der Waals surface area contributed by atoms with E-state index in [1.807, 2.05) is 19.1 Å². The number of thioether (sulfide) groups is 1. The quantitative estimate of drug-likeness (QED) is 0.814. The van der Waals surface area contributed by atoms with Gasteiger partial charge in [0.05, 0.1) is 16.1 Å². The molecule has 1 unspecified atom stereocenters. The molecule has 1 aliphatic rings.